The molecule has 6 heteroatoms. The maximum absolute atomic E-state index is 12.1. The van der Waals surface area contributed by atoms with E-state index in [0.29, 0.717) is 5.92 Å². The number of halogens is 2. The molecule has 1 aliphatic heterocycles. The number of hydrogen-bond donors (Lipinski definition) is 1. The van der Waals surface area contributed by atoms with E-state index in [2.05, 4.69) is 11.2 Å². The van der Waals surface area contributed by atoms with E-state index in [-0.39, 0.29) is 18.5 Å². The molecule has 0 unspecified atom stereocenters. The van der Waals surface area contributed by atoms with Crippen molar-refractivity contribution in [2.24, 2.45) is 0 Å². The van der Waals surface area contributed by atoms with Gasteiger partial charge in [0.25, 0.3) is 0 Å². The summed E-state index contributed by atoms with van der Waals surface area (Å²) in [6.45, 7) is 7.15. The number of carbonyl (C=O) groups is 1. The van der Waals surface area contributed by atoms with Gasteiger partial charge in [0.2, 0.25) is 0 Å². The van der Waals surface area contributed by atoms with E-state index in [1.807, 2.05) is 43.9 Å². The van der Waals surface area contributed by atoms with Crippen LogP contribution in [-0.2, 0) is 4.74 Å². The average Bonchev–Trinajstić information content (AvgIpc) is 2.88. The third-order valence-corrected chi connectivity index (χ3v) is 4.50. The number of nitrogens with zero attached hydrogens (tertiary/aromatic N) is 1. The minimum absolute atomic E-state index is 0. The molecule has 0 spiro atoms. The summed E-state index contributed by atoms with van der Waals surface area (Å²) in [4.78, 5) is 17.3. The predicted molar refractivity (Wildman–Crippen MR) is 100 cm³/mol. The van der Waals surface area contributed by atoms with Gasteiger partial charge in [0.05, 0.1) is 0 Å². The van der Waals surface area contributed by atoms with Crippen LogP contribution in [0.5, 0.6) is 0 Å². The molecule has 132 valence electrons. The van der Waals surface area contributed by atoms with Crippen molar-refractivity contribution in [1.82, 2.24) is 9.88 Å². The van der Waals surface area contributed by atoms with Gasteiger partial charge < -0.3 is 14.6 Å². The van der Waals surface area contributed by atoms with Gasteiger partial charge >= 0.3 is 6.09 Å². The SMILES string of the molecule is CC(C)(C)OC(=O)N1CCC(c2c[nH]c3ccc(Cl)cc23)CC1.Cl. The van der Waals surface area contributed by atoms with Gasteiger partial charge in [-0.3, -0.25) is 0 Å². The van der Waals surface area contributed by atoms with Crippen molar-refractivity contribution in [2.45, 2.75) is 45.1 Å². The van der Waals surface area contributed by atoms with Gasteiger partial charge in [-0.1, -0.05) is 11.6 Å². The Kier molecular flexibility index (Phi) is 5.71. The maximum Gasteiger partial charge on any atom is 0.410 e. The standard InChI is InChI=1S/C18H23ClN2O2.ClH/c1-18(2,3)23-17(22)21-8-6-12(7-9-21)15-11-20-16-5-4-13(19)10-14(15)16;/h4-5,10-12,20H,6-9H2,1-3H3;1H. The molecule has 0 saturated carbocycles. The number of carbonyl (C=O) groups excluding carboxylic acids is 1. The zero-order chi connectivity index (χ0) is 16.6. The van der Waals surface area contributed by atoms with Crippen molar-refractivity contribution in [1.29, 1.82) is 0 Å². The first-order chi connectivity index (χ1) is 10.8. The highest BCUT2D eigenvalue weighted by atomic mass is 35.5. The van der Waals surface area contributed by atoms with E-state index in [9.17, 15) is 4.79 Å². The Hall–Kier alpha value is -1.39. The zero-order valence-corrected chi connectivity index (χ0v) is 15.8. The van der Waals surface area contributed by atoms with Gasteiger partial charge in [-0.05, 0) is 63.3 Å². The molecule has 2 heterocycles. The molecule has 1 N–H and O–H groups in total. The molecule has 1 aromatic carbocycles. The van der Waals surface area contributed by atoms with Crippen LogP contribution < -0.4 is 0 Å². The van der Waals surface area contributed by atoms with Crippen molar-refractivity contribution in [3.8, 4) is 0 Å². The van der Waals surface area contributed by atoms with Gasteiger partial charge in [-0.25, -0.2) is 4.79 Å². The Morgan fingerprint density at radius 3 is 2.58 bits per heavy atom. The van der Waals surface area contributed by atoms with E-state index < -0.39 is 5.60 Å². The van der Waals surface area contributed by atoms with E-state index >= 15 is 0 Å². The fourth-order valence-corrected chi connectivity index (χ4v) is 3.32. The molecule has 1 amide bonds. The topological polar surface area (TPSA) is 45.3 Å². The zero-order valence-electron chi connectivity index (χ0n) is 14.3. The number of fused-ring (bicyclic) bond motifs is 1. The first kappa shape index (κ1) is 18.9. The second-order valence-corrected chi connectivity index (χ2v) is 7.61. The molecule has 0 radical (unpaired) electrons. The Morgan fingerprint density at radius 1 is 1.29 bits per heavy atom. The monoisotopic (exact) mass is 370 g/mol. The summed E-state index contributed by atoms with van der Waals surface area (Å²) in [7, 11) is 0. The van der Waals surface area contributed by atoms with Crippen LogP contribution in [0.3, 0.4) is 0 Å². The summed E-state index contributed by atoms with van der Waals surface area (Å²) in [6, 6.07) is 5.93. The molecule has 3 rings (SSSR count). The summed E-state index contributed by atoms with van der Waals surface area (Å²) in [6.07, 6.45) is 3.75. The van der Waals surface area contributed by atoms with Crippen LogP contribution in [0.2, 0.25) is 5.02 Å². The van der Waals surface area contributed by atoms with Crippen LogP contribution in [0.1, 0.15) is 45.1 Å². The molecule has 2 aromatic rings. The molecule has 1 fully saturated rings. The average molecular weight is 371 g/mol. The number of piperidine rings is 1. The number of H-pyrrole nitrogens is 1. The number of amides is 1. The summed E-state index contributed by atoms with van der Waals surface area (Å²) in [5.41, 5.74) is 1.96. The lowest BCUT2D eigenvalue weighted by Crippen LogP contribution is -2.41. The molecular weight excluding hydrogens is 347 g/mol. The molecular formula is C18H24Cl2N2O2. The van der Waals surface area contributed by atoms with Crippen LogP contribution in [0, 0.1) is 0 Å². The fourth-order valence-electron chi connectivity index (χ4n) is 3.15. The quantitative estimate of drug-likeness (QED) is 0.734. The number of nitrogens with one attached hydrogen (secondary N) is 1. The first-order valence-corrected chi connectivity index (χ1v) is 8.46. The van der Waals surface area contributed by atoms with Crippen LogP contribution in [-0.4, -0.2) is 34.7 Å². The molecule has 1 aromatic heterocycles. The second kappa shape index (κ2) is 7.24. The van der Waals surface area contributed by atoms with Crippen molar-refractivity contribution in [3.05, 3.63) is 35.0 Å². The fraction of sp³-hybridized carbons (Fsp3) is 0.500. The summed E-state index contributed by atoms with van der Waals surface area (Å²) < 4.78 is 5.45. The lowest BCUT2D eigenvalue weighted by Gasteiger charge is -2.33. The Morgan fingerprint density at radius 2 is 1.96 bits per heavy atom. The molecule has 4 nitrogen and oxygen atoms in total. The normalized spacial score (nSPS) is 16.1. The van der Waals surface area contributed by atoms with Crippen LogP contribution in [0.25, 0.3) is 10.9 Å². The first-order valence-electron chi connectivity index (χ1n) is 8.08. The van der Waals surface area contributed by atoms with Crippen molar-refractivity contribution in [2.75, 3.05) is 13.1 Å². The molecule has 1 aliphatic rings. The lowest BCUT2D eigenvalue weighted by molar-refractivity contribution is 0.0205. The smallest absolute Gasteiger partial charge is 0.410 e. The van der Waals surface area contributed by atoms with E-state index in [1.54, 1.807) is 0 Å². The van der Waals surface area contributed by atoms with Gasteiger partial charge in [0.1, 0.15) is 5.60 Å². The van der Waals surface area contributed by atoms with Gasteiger partial charge in [-0.2, -0.15) is 0 Å². The predicted octanol–water partition coefficient (Wildman–Crippen LogP) is 5.36. The van der Waals surface area contributed by atoms with E-state index in [4.69, 9.17) is 16.3 Å². The number of benzene rings is 1. The highest BCUT2D eigenvalue weighted by Crippen LogP contribution is 2.34. The number of rotatable bonds is 1. The number of likely N-dealkylation sites (tertiary alicyclic amines) is 1. The summed E-state index contributed by atoms with van der Waals surface area (Å²) in [5.74, 6) is 0.445. The molecule has 0 bridgehead atoms. The Labute approximate surface area is 153 Å². The van der Waals surface area contributed by atoms with E-state index in [1.165, 1.54) is 10.9 Å². The van der Waals surface area contributed by atoms with Gasteiger partial charge in [0, 0.05) is 35.2 Å². The van der Waals surface area contributed by atoms with Crippen LogP contribution >= 0.6 is 24.0 Å². The molecule has 24 heavy (non-hydrogen) atoms. The number of hydrogen-bond acceptors (Lipinski definition) is 2. The Bertz CT molecular complexity index is 713. The summed E-state index contributed by atoms with van der Waals surface area (Å²) in [5, 5.41) is 1.94. The largest absolute Gasteiger partial charge is 0.444 e. The van der Waals surface area contributed by atoms with E-state index in [0.717, 1.165) is 36.5 Å². The highest BCUT2D eigenvalue weighted by Gasteiger charge is 2.28. The summed E-state index contributed by atoms with van der Waals surface area (Å²) >= 11 is 6.13. The van der Waals surface area contributed by atoms with Crippen molar-refractivity contribution >= 4 is 41.0 Å². The third-order valence-electron chi connectivity index (χ3n) is 4.26. The number of aromatic amines is 1. The van der Waals surface area contributed by atoms with Crippen molar-refractivity contribution in [3.63, 3.8) is 0 Å². The minimum Gasteiger partial charge on any atom is -0.444 e. The third kappa shape index (κ3) is 4.17. The van der Waals surface area contributed by atoms with Gasteiger partial charge in [-0.15, -0.1) is 12.4 Å². The van der Waals surface area contributed by atoms with Crippen LogP contribution in [0.4, 0.5) is 4.79 Å². The van der Waals surface area contributed by atoms with Crippen LogP contribution in [0.15, 0.2) is 24.4 Å². The van der Waals surface area contributed by atoms with Gasteiger partial charge in [0.15, 0.2) is 0 Å². The second-order valence-electron chi connectivity index (χ2n) is 7.18. The molecule has 1 saturated heterocycles. The minimum atomic E-state index is -0.443. The molecule has 0 aliphatic carbocycles. The molecule has 0 atom stereocenters. The van der Waals surface area contributed by atoms with Crippen molar-refractivity contribution < 1.29 is 9.53 Å². The maximum atomic E-state index is 12.1. The number of ether oxygens (including phenoxy) is 1. The number of aromatic nitrogens is 1. The highest BCUT2D eigenvalue weighted by molar-refractivity contribution is 6.31. The Balaban J connectivity index is 0.00000208. The lowest BCUT2D eigenvalue weighted by atomic mass is 9.89.